The van der Waals surface area contributed by atoms with Crippen molar-refractivity contribution in [1.82, 2.24) is 10.1 Å². The summed E-state index contributed by atoms with van der Waals surface area (Å²) in [5.41, 5.74) is -3.93. The van der Waals surface area contributed by atoms with Gasteiger partial charge >= 0.3 is 11.5 Å². The van der Waals surface area contributed by atoms with Gasteiger partial charge in [0.05, 0.1) is 5.41 Å². The maximum atomic E-state index is 12.4. The molecule has 1 heterocycles. The van der Waals surface area contributed by atoms with Crippen LogP contribution in [-0.2, 0) is 10.2 Å². The first-order valence-electron chi connectivity index (χ1n) is 7.32. The number of alkyl halides is 3. The average Bonchev–Trinajstić information content (AvgIpc) is 3.20. The van der Waals surface area contributed by atoms with E-state index < -0.39 is 16.9 Å². The number of halogens is 3. The second-order valence-electron chi connectivity index (χ2n) is 5.74. The van der Waals surface area contributed by atoms with E-state index >= 15 is 0 Å². The highest BCUT2D eigenvalue weighted by atomic mass is 32.2. The molecule has 0 aliphatic heterocycles. The van der Waals surface area contributed by atoms with Gasteiger partial charge in [-0.2, -0.15) is 18.2 Å². The molecule has 2 aromatic rings. The van der Waals surface area contributed by atoms with Gasteiger partial charge in [-0.05, 0) is 49.2 Å². The van der Waals surface area contributed by atoms with Crippen LogP contribution in [0, 0.1) is 0 Å². The first-order valence-corrected chi connectivity index (χ1v) is 8.13. The van der Waals surface area contributed by atoms with E-state index in [-0.39, 0.29) is 28.1 Å². The third-order valence-corrected chi connectivity index (χ3v) is 4.68. The molecule has 0 spiro atoms. The highest BCUT2D eigenvalue weighted by Gasteiger charge is 2.50. The Hall–Kier alpha value is -2.29. The Labute approximate surface area is 144 Å². The van der Waals surface area contributed by atoms with Crippen LogP contribution in [-0.4, -0.2) is 26.7 Å². The van der Waals surface area contributed by atoms with Crippen LogP contribution in [0.15, 0.2) is 39.3 Å². The minimum absolute atomic E-state index is 0.0635. The van der Waals surface area contributed by atoms with Crippen LogP contribution in [0.25, 0.3) is 6.08 Å². The van der Waals surface area contributed by atoms with Gasteiger partial charge in [-0.25, -0.2) is 4.79 Å². The zero-order chi connectivity index (χ0) is 18.2. The van der Waals surface area contributed by atoms with Gasteiger partial charge in [0.1, 0.15) is 0 Å². The molecule has 0 atom stereocenters. The molecule has 5 nitrogen and oxygen atoms in total. The summed E-state index contributed by atoms with van der Waals surface area (Å²) in [7, 11) is 0. The lowest BCUT2D eigenvalue weighted by Gasteiger charge is -2.12. The number of aliphatic carboxylic acids is 1. The molecule has 1 aliphatic rings. The van der Waals surface area contributed by atoms with Crippen molar-refractivity contribution in [2.75, 3.05) is 0 Å². The van der Waals surface area contributed by atoms with Crippen molar-refractivity contribution in [2.45, 2.75) is 35.6 Å². The minimum Gasteiger partial charge on any atom is -0.478 e. The normalized spacial score (nSPS) is 16.7. The highest BCUT2D eigenvalue weighted by molar-refractivity contribution is 8.00. The van der Waals surface area contributed by atoms with Crippen LogP contribution in [0.2, 0.25) is 0 Å². The maximum Gasteiger partial charge on any atom is 0.446 e. The third-order valence-electron chi connectivity index (χ3n) is 3.94. The number of carboxylic acid groups (broad SMARTS) is 1. The van der Waals surface area contributed by atoms with E-state index in [1.54, 1.807) is 12.1 Å². The second-order valence-corrected chi connectivity index (χ2v) is 6.88. The Morgan fingerprint density at radius 3 is 2.48 bits per heavy atom. The Morgan fingerprint density at radius 2 is 1.96 bits per heavy atom. The molecule has 3 rings (SSSR count). The summed E-state index contributed by atoms with van der Waals surface area (Å²) in [5, 5.41) is 12.8. The number of rotatable bonds is 5. The van der Waals surface area contributed by atoms with Crippen LogP contribution < -0.4 is 0 Å². The number of hydrogen-bond donors (Lipinski definition) is 1. The Morgan fingerprint density at radius 1 is 1.32 bits per heavy atom. The predicted molar refractivity (Wildman–Crippen MR) is 84.0 cm³/mol. The fraction of sp³-hybridized carbons (Fsp3) is 0.312. The monoisotopic (exact) mass is 370 g/mol. The molecule has 132 valence electrons. The van der Waals surface area contributed by atoms with E-state index in [1.807, 2.05) is 0 Å². The number of thioether (sulfide) groups is 1. The van der Waals surface area contributed by atoms with Gasteiger partial charge in [0.15, 0.2) is 5.82 Å². The van der Waals surface area contributed by atoms with E-state index in [0.717, 1.165) is 18.4 Å². The summed E-state index contributed by atoms with van der Waals surface area (Å²) in [4.78, 5) is 15.2. The standard InChI is InChI=1S/C16H13F3N2O3S/c1-9(13(22)23)8-12-20-14(21-24-12)15(6-7-15)10-2-4-11(5-3-10)25-16(17,18)19/h2-5,8H,6-7H2,1H3,(H,22,23)/b9-8+. The van der Waals surface area contributed by atoms with E-state index in [0.29, 0.717) is 5.82 Å². The van der Waals surface area contributed by atoms with Crippen molar-refractivity contribution in [1.29, 1.82) is 0 Å². The summed E-state index contributed by atoms with van der Waals surface area (Å²) >= 11 is -0.163. The molecule has 0 bridgehead atoms. The van der Waals surface area contributed by atoms with Crippen molar-refractivity contribution >= 4 is 23.8 Å². The van der Waals surface area contributed by atoms with E-state index in [2.05, 4.69) is 10.1 Å². The number of benzene rings is 1. The molecule has 1 aromatic heterocycles. The SMILES string of the molecule is C/C(=C\c1nc(C2(c3ccc(SC(F)(F)F)cc3)CC2)no1)C(=O)O. The Bertz CT molecular complexity index is 824. The zero-order valence-electron chi connectivity index (χ0n) is 13.0. The lowest BCUT2D eigenvalue weighted by Crippen LogP contribution is -2.11. The molecule has 1 fully saturated rings. The lowest BCUT2D eigenvalue weighted by molar-refractivity contribution is -0.132. The smallest absolute Gasteiger partial charge is 0.446 e. The van der Waals surface area contributed by atoms with E-state index in [4.69, 9.17) is 9.63 Å². The fourth-order valence-corrected chi connectivity index (χ4v) is 3.02. The van der Waals surface area contributed by atoms with Crippen molar-refractivity contribution in [3.8, 4) is 0 Å². The van der Waals surface area contributed by atoms with Gasteiger partial charge in [0, 0.05) is 16.5 Å². The largest absolute Gasteiger partial charge is 0.478 e. The molecule has 9 heteroatoms. The van der Waals surface area contributed by atoms with Crippen molar-refractivity contribution in [3.05, 3.63) is 47.1 Å². The molecule has 0 radical (unpaired) electrons. The van der Waals surface area contributed by atoms with Crippen molar-refractivity contribution in [2.24, 2.45) is 0 Å². The second kappa shape index (κ2) is 6.21. The number of carbonyl (C=O) groups is 1. The molecule has 1 N–H and O–H groups in total. The molecule has 1 saturated carbocycles. The van der Waals surface area contributed by atoms with Crippen LogP contribution in [0.4, 0.5) is 13.2 Å². The molecule has 25 heavy (non-hydrogen) atoms. The quantitative estimate of drug-likeness (QED) is 0.626. The predicted octanol–water partition coefficient (Wildman–Crippen LogP) is 4.25. The van der Waals surface area contributed by atoms with E-state index in [9.17, 15) is 18.0 Å². The number of hydrogen-bond acceptors (Lipinski definition) is 5. The summed E-state index contributed by atoms with van der Waals surface area (Å²) in [6.45, 7) is 1.41. The Balaban J connectivity index is 1.82. The van der Waals surface area contributed by atoms with Gasteiger partial charge in [0.2, 0.25) is 0 Å². The van der Waals surface area contributed by atoms with Crippen molar-refractivity contribution < 1.29 is 27.6 Å². The summed E-state index contributed by atoms with van der Waals surface area (Å²) < 4.78 is 42.3. The molecular formula is C16H13F3N2O3S. The molecule has 0 saturated heterocycles. The fourth-order valence-electron chi connectivity index (χ4n) is 2.48. The van der Waals surface area contributed by atoms with Gasteiger partial charge in [-0.15, -0.1) is 0 Å². The molecule has 0 amide bonds. The average molecular weight is 370 g/mol. The first-order chi connectivity index (χ1) is 11.7. The van der Waals surface area contributed by atoms with E-state index in [1.165, 1.54) is 25.1 Å². The topological polar surface area (TPSA) is 76.2 Å². The number of nitrogens with zero attached hydrogens (tertiary/aromatic N) is 2. The summed E-state index contributed by atoms with van der Waals surface area (Å²) in [6, 6.07) is 6.11. The van der Waals surface area contributed by atoms with Gasteiger partial charge in [-0.3, -0.25) is 0 Å². The molecule has 1 aromatic carbocycles. The molecular weight excluding hydrogens is 357 g/mol. The van der Waals surface area contributed by atoms with Gasteiger partial charge < -0.3 is 9.63 Å². The van der Waals surface area contributed by atoms with Crippen LogP contribution >= 0.6 is 11.8 Å². The lowest BCUT2D eigenvalue weighted by atomic mass is 9.95. The maximum absolute atomic E-state index is 12.4. The summed E-state index contributed by atoms with van der Waals surface area (Å²) in [6.07, 6.45) is 2.77. The van der Waals surface area contributed by atoms with Crippen LogP contribution in [0.5, 0.6) is 0 Å². The Kier molecular flexibility index (Phi) is 4.36. The zero-order valence-corrected chi connectivity index (χ0v) is 13.8. The van der Waals surface area contributed by atoms with Crippen LogP contribution in [0.3, 0.4) is 0 Å². The first kappa shape index (κ1) is 17.5. The van der Waals surface area contributed by atoms with Gasteiger partial charge in [0.25, 0.3) is 5.89 Å². The molecule has 0 unspecified atom stereocenters. The highest BCUT2D eigenvalue weighted by Crippen LogP contribution is 2.52. The third kappa shape index (κ3) is 3.87. The van der Waals surface area contributed by atoms with Crippen molar-refractivity contribution in [3.63, 3.8) is 0 Å². The van der Waals surface area contributed by atoms with Gasteiger partial charge in [-0.1, -0.05) is 17.3 Å². The number of carboxylic acids is 1. The summed E-state index contributed by atoms with van der Waals surface area (Å²) in [5.74, 6) is -0.586. The number of aromatic nitrogens is 2. The molecule has 1 aliphatic carbocycles. The van der Waals surface area contributed by atoms with Crippen LogP contribution in [0.1, 0.15) is 37.0 Å². The minimum atomic E-state index is -4.32.